The number of carbonyl (C=O) groups excluding carboxylic acids is 1. The summed E-state index contributed by atoms with van der Waals surface area (Å²) in [4.78, 5) is 17.4. The first-order chi connectivity index (χ1) is 11.5. The van der Waals surface area contributed by atoms with Crippen LogP contribution in [0.3, 0.4) is 0 Å². The SMILES string of the molecule is COc1ccc(C=C2SC(=Nc3cc(C)ccc3C)NC2=O)cc1. The predicted octanol–water partition coefficient (Wildman–Crippen LogP) is 4.20. The highest BCUT2D eigenvalue weighted by atomic mass is 32.2. The van der Waals surface area contributed by atoms with Crippen molar-refractivity contribution in [1.29, 1.82) is 0 Å². The van der Waals surface area contributed by atoms with Crippen LogP contribution in [-0.2, 0) is 4.79 Å². The van der Waals surface area contributed by atoms with Crippen molar-refractivity contribution in [3.05, 3.63) is 64.1 Å². The lowest BCUT2D eigenvalue weighted by Crippen LogP contribution is -2.19. The third-order valence-corrected chi connectivity index (χ3v) is 4.56. The van der Waals surface area contributed by atoms with Crippen LogP contribution in [0.2, 0.25) is 0 Å². The van der Waals surface area contributed by atoms with Gasteiger partial charge in [-0.05, 0) is 66.6 Å². The van der Waals surface area contributed by atoms with Crippen molar-refractivity contribution in [1.82, 2.24) is 5.32 Å². The number of aliphatic imine (C=N–C) groups is 1. The van der Waals surface area contributed by atoms with Crippen LogP contribution < -0.4 is 10.1 Å². The lowest BCUT2D eigenvalue weighted by atomic mass is 10.1. The number of benzene rings is 2. The molecule has 2 aromatic carbocycles. The van der Waals surface area contributed by atoms with E-state index in [0.29, 0.717) is 10.1 Å². The van der Waals surface area contributed by atoms with Crippen LogP contribution in [0.5, 0.6) is 5.75 Å². The van der Waals surface area contributed by atoms with Crippen molar-refractivity contribution >= 4 is 34.6 Å². The van der Waals surface area contributed by atoms with Crippen molar-refractivity contribution < 1.29 is 9.53 Å². The molecular weight excluding hydrogens is 320 g/mol. The molecule has 0 saturated carbocycles. The number of carbonyl (C=O) groups is 1. The van der Waals surface area contributed by atoms with Gasteiger partial charge in [-0.25, -0.2) is 4.99 Å². The molecule has 0 radical (unpaired) electrons. The molecule has 1 saturated heterocycles. The van der Waals surface area contributed by atoms with E-state index in [2.05, 4.69) is 16.4 Å². The Bertz CT molecular complexity index is 839. The summed E-state index contributed by atoms with van der Waals surface area (Å²) in [5.41, 5.74) is 4.05. The normalized spacial score (nSPS) is 17.4. The highest BCUT2D eigenvalue weighted by Crippen LogP contribution is 2.29. The summed E-state index contributed by atoms with van der Waals surface area (Å²) in [6.45, 7) is 4.03. The van der Waals surface area contributed by atoms with Gasteiger partial charge in [-0.3, -0.25) is 4.79 Å². The number of methoxy groups -OCH3 is 1. The number of nitrogens with zero attached hydrogens (tertiary/aromatic N) is 1. The Morgan fingerprint density at radius 3 is 2.58 bits per heavy atom. The van der Waals surface area contributed by atoms with Gasteiger partial charge in [0, 0.05) is 0 Å². The molecule has 24 heavy (non-hydrogen) atoms. The maximum atomic E-state index is 12.1. The summed E-state index contributed by atoms with van der Waals surface area (Å²) in [5, 5.41) is 3.43. The van der Waals surface area contributed by atoms with E-state index in [9.17, 15) is 4.79 Å². The quantitative estimate of drug-likeness (QED) is 0.853. The number of ether oxygens (including phenoxy) is 1. The van der Waals surface area contributed by atoms with E-state index >= 15 is 0 Å². The number of amides is 1. The minimum absolute atomic E-state index is 0.125. The third-order valence-electron chi connectivity index (χ3n) is 3.65. The van der Waals surface area contributed by atoms with Crippen LogP contribution in [0.15, 0.2) is 52.4 Å². The zero-order valence-corrected chi connectivity index (χ0v) is 14.6. The van der Waals surface area contributed by atoms with E-state index in [-0.39, 0.29) is 5.91 Å². The fourth-order valence-corrected chi connectivity index (χ4v) is 3.12. The van der Waals surface area contributed by atoms with Gasteiger partial charge in [-0.2, -0.15) is 0 Å². The summed E-state index contributed by atoms with van der Waals surface area (Å²) in [6.07, 6.45) is 1.85. The molecule has 0 spiro atoms. The fourth-order valence-electron chi connectivity index (χ4n) is 2.28. The smallest absolute Gasteiger partial charge is 0.264 e. The molecule has 1 amide bonds. The maximum absolute atomic E-state index is 12.1. The highest BCUT2D eigenvalue weighted by Gasteiger charge is 2.23. The van der Waals surface area contributed by atoms with Crippen molar-refractivity contribution in [2.75, 3.05) is 7.11 Å². The number of rotatable bonds is 3. The Labute approximate surface area is 145 Å². The summed E-state index contributed by atoms with van der Waals surface area (Å²) >= 11 is 1.35. The van der Waals surface area contributed by atoms with Crippen molar-refractivity contribution in [3.8, 4) is 5.75 Å². The molecule has 0 atom stereocenters. The second kappa shape index (κ2) is 6.93. The fraction of sp³-hybridized carbons (Fsp3) is 0.158. The minimum atomic E-state index is -0.125. The maximum Gasteiger partial charge on any atom is 0.264 e. The van der Waals surface area contributed by atoms with Crippen LogP contribution >= 0.6 is 11.8 Å². The molecule has 122 valence electrons. The monoisotopic (exact) mass is 338 g/mol. The van der Waals surface area contributed by atoms with Gasteiger partial charge in [0.1, 0.15) is 5.75 Å². The molecule has 2 aromatic rings. The summed E-state index contributed by atoms with van der Waals surface area (Å²) in [7, 11) is 1.63. The predicted molar refractivity (Wildman–Crippen MR) is 99.7 cm³/mol. The molecule has 0 aromatic heterocycles. The summed E-state index contributed by atoms with van der Waals surface area (Å²) in [6, 6.07) is 13.7. The Morgan fingerprint density at radius 2 is 1.88 bits per heavy atom. The number of amidine groups is 1. The van der Waals surface area contributed by atoms with Crippen molar-refractivity contribution in [2.45, 2.75) is 13.8 Å². The Hall–Kier alpha value is -2.53. The van der Waals surface area contributed by atoms with Crippen molar-refractivity contribution in [2.24, 2.45) is 4.99 Å². The van der Waals surface area contributed by atoms with Gasteiger partial charge in [0.05, 0.1) is 17.7 Å². The molecule has 5 heteroatoms. The van der Waals surface area contributed by atoms with Crippen LogP contribution in [0.1, 0.15) is 16.7 Å². The number of hydrogen-bond acceptors (Lipinski definition) is 4. The van der Waals surface area contributed by atoms with Crippen LogP contribution in [-0.4, -0.2) is 18.2 Å². The Kier molecular flexibility index (Phi) is 4.71. The van der Waals surface area contributed by atoms with E-state index in [1.165, 1.54) is 11.8 Å². The number of hydrogen-bond donors (Lipinski definition) is 1. The van der Waals surface area contributed by atoms with Gasteiger partial charge >= 0.3 is 0 Å². The Balaban J connectivity index is 1.83. The lowest BCUT2D eigenvalue weighted by molar-refractivity contribution is -0.115. The first-order valence-electron chi connectivity index (χ1n) is 7.56. The summed E-state index contributed by atoms with van der Waals surface area (Å²) < 4.78 is 5.14. The standard InChI is InChI=1S/C19H18N2O2S/c1-12-4-5-13(2)16(10-12)20-19-21-18(22)17(24-19)11-14-6-8-15(23-3)9-7-14/h4-11H,1-3H3,(H,20,21,22). The zero-order chi connectivity index (χ0) is 17.1. The van der Waals surface area contributed by atoms with Gasteiger partial charge in [0.2, 0.25) is 0 Å². The van der Waals surface area contributed by atoms with Crippen molar-refractivity contribution in [3.63, 3.8) is 0 Å². The first-order valence-corrected chi connectivity index (χ1v) is 8.38. The molecule has 1 N–H and O–H groups in total. The molecule has 3 rings (SSSR count). The number of thioether (sulfide) groups is 1. The second-order valence-corrected chi connectivity index (χ2v) is 6.58. The number of nitrogens with one attached hydrogen (secondary N) is 1. The molecule has 1 aliphatic heterocycles. The zero-order valence-electron chi connectivity index (χ0n) is 13.8. The van der Waals surface area contributed by atoms with E-state index in [1.54, 1.807) is 7.11 Å². The van der Waals surface area contributed by atoms with E-state index < -0.39 is 0 Å². The van der Waals surface area contributed by atoms with E-state index in [1.807, 2.05) is 56.3 Å². The van der Waals surface area contributed by atoms with Crippen LogP contribution in [0.25, 0.3) is 6.08 Å². The van der Waals surface area contributed by atoms with Crippen LogP contribution in [0, 0.1) is 13.8 Å². The van der Waals surface area contributed by atoms with Gasteiger partial charge in [-0.1, -0.05) is 24.3 Å². The van der Waals surface area contributed by atoms with E-state index in [4.69, 9.17) is 4.74 Å². The average Bonchev–Trinajstić information content (AvgIpc) is 2.91. The molecule has 0 unspecified atom stereocenters. The first kappa shape index (κ1) is 16.3. The topological polar surface area (TPSA) is 50.7 Å². The summed E-state index contributed by atoms with van der Waals surface area (Å²) in [5.74, 6) is 0.665. The Morgan fingerprint density at radius 1 is 1.12 bits per heavy atom. The third kappa shape index (κ3) is 3.68. The largest absolute Gasteiger partial charge is 0.497 e. The van der Waals surface area contributed by atoms with Gasteiger partial charge in [0.25, 0.3) is 5.91 Å². The lowest BCUT2D eigenvalue weighted by Gasteiger charge is -2.02. The van der Waals surface area contributed by atoms with Gasteiger partial charge in [-0.15, -0.1) is 0 Å². The van der Waals surface area contributed by atoms with Crippen LogP contribution in [0.4, 0.5) is 5.69 Å². The van der Waals surface area contributed by atoms with Gasteiger partial charge in [0.15, 0.2) is 5.17 Å². The molecule has 4 nitrogen and oxygen atoms in total. The minimum Gasteiger partial charge on any atom is -0.497 e. The molecular formula is C19H18N2O2S. The average molecular weight is 338 g/mol. The second-order valence-electron chi connectivity index (χ2n) is 5.54. The van der Waals surface area contributed by atoms with E-state index in [0.717, 1.165) is 28.1 Å². The molecule has 0 bridgehead atoms. The molecule has 1 heterocycles. The molecule has 1 fully saturated rings. The van der Waals surface area contributed by atoms with Gasteiger partial charge < -0.3 is 10.1 Å². The molecule has 1 aliphatic rings. The molecule has 0 aliphatic carbocycles. The highest BCUT2D eigenvalue weighted by molar-refractivity contribution is 8.18. The number of aryl methyl sites for hydroxylation is 2.